The minimum atomic E-state index is -0.134. The monoisotopic (exact) mass is 266 g/mol. The van der Waals surface area contributed by atoms with Crippen LogP contribution >= 0.6 is 0 Å². The summed E-state index contributed by atoms with van der Waals surface area (Å²) in [6, 6.07) is 15.8. The number of carbonyl (C=O) groups is 1. The molecule has 0 aliphatic rings. The van der Waals surface area contributed by atoms with E-state index < -0.39 is 0 Å². The molecule has 0 saturated heterocycles. The average Bonchev–Trinajstić information content (AvgIpc) is 2.44. The first-order valence-electron chi connectivity index (χ1n) is 6.55. The molecule has 2 aromatic rings. The number of carbonyl (C=O) groups excluding carboxylic acids is 1. The Morgan fingerprint density at radius 3 is 2.30 bits per heavy atom. The minimum absolute atomic E-state index is 0.134. The molecule has 0 heterocycles. The van der Waals surface area contributed by atoms with Gasteiger partial charge in [0.2, 0.25) is 5.91 Å². The van der Waals surface area contributed by atoms with Crippen LogP contribution in [-0.4, -0.2) is 5.91 Å². The largest absolute Gasteiger partial charge is 0.354 e. The van der Waals surface area contributed by atoms with Crippen molar-refractivity contribution in [2.24, 2.45) is 0 Å². The number of benzene rings is 2. The third-order valence-electron chi connectivity index (χ3n) is 2.83. The highest BCUT2D eigenvalue weighted by atomic mass is 16.1. The zero-order valence-electron chi connectivity index (χ0n) is 11.7. The molecular weight excluding hydrogens is 248 g/mol. The zero-order chi connectivity index (χ0) is 14.4. The Kier molecular flexibility index (Phi) is 4.56. The Hall–Kier alpha value is -2.55. The SMILES string of the molecule is C/C=C/C(=O)Nc1ccccc1Nc1ccc(C)cc1. The van der Waals surface area contributed by atoms with Gasteiger partial charge in [0.05, 0.1) is 11.4 Å². The van der Waals surface area contributed by atoms with Crippen molar-refractivity contribution < 1.29 is 4.79 Å². The second-order valence-electron chi connectivity index (χ2n) is 4.53. The zero-order valence-corrected chi connectivity index (χ0v) is 11.7. The summed E-state index contributed by atoms with van der Waals surface area (Å²) in [6.07, 6.45) is 3.22. The summed E-state index contributed by atoms with van der Waals surface area (Å²) in [7, 11) is 0. The van der Waals surface area contributed by atoms with E-state index >= 15 is 0 Å². The van der Waals surface area contributed by atoms with Gasteiger partial charge in [-0.05, 0) is 44.2 Å². The molecule has 102 valence electrons. The molecule has 2 aromatic carbocycles. The van der Waals surface area contributed by atoms with Crippen LogP contribution in [0.2, 0.25) is 0 Å². The van der Waals surface area contributed by atoms with Gasteiger partial charge in [-0.2, -0.15) is 0 Å². The van der Waals surface area contributed by atoms with Crippen molar-refractivity contribution in [1.82, 2.24) is 0 Å². The van der Waals surface area contributed by atoms with Crippen molar-refractivity contribution >= 4 is 23.0 Å². The molecule has 0 radical (unpaired) electrons. The molecule has 3 heteroatoms. The Labute approximate surface area is 119 Å². The van der Waals surface area contributed by atoms with Gasteiger partial charge in [-0.15, -0.1) is 0 Å². The third-order valence-corrected chi connectivity index (χ3v) is 2.83. The molecule has 20 heavy (non-hydrogen) atoms. The number of allylic oxidation sites excluding steroid dienone is 1. The van der Waals surface area contributed by atoms with E-state index in [-0.39, 0.29) is 5.91 Å². The second kappa shape index (κ2) is 6.57. The number of hydrogen-bond acceptors (Lipinski definition) is 2. The Morgan fingerprint density at radius 2 is 1.65 bits per heavy atom. The molecule has 0 aromatic heterocycles. The standard InChI is InChI=1S/C17H18N2O/c1-3-6-17(20)19-16-8-5-4-7-15(16)18-14-11-9-13(2)10-12-14/h3-12,18H,1-2H3,(H,19,20)/b6-3+. The number of amides is 1. The van der Waals surface area contributed by atoms with Crippen molar-refractivity contribution in [2.75, 3.05) is 10.6 Å². The molecule has 3 nitrogen and oxygen atoms in total. The lowest BCUT2D eigenvalue weighted by Crippen LogP contribution is -2.09. The number of anilines is 3. The molecule has 0 aliphatic heterocycles. The number of para-hydroxylation sites is 2. The summed E-state index contributed by atoms with van der Waals surface area (Å²) in [4.78, 5) is 11.6. The van der Waals surface area contributed by atoms with E-state index in [9.17, 15) is 4.79 Å². The van der Waals surface area contributed by atoms with Crippen LogP contribution in [0.15, 0.2) is 60.7 Å². The number of hydrogen-bond donors (Lipinski definition) is 2. The normalized spacial score (nSPS) is 10.5. The average molecular weight is 266 g/mol. The van der Waals surface area contributed by atoms with Gasteiger partial charge < -0.3 is 10.6 Å². The Bertz CT molecular complexity index is 615. The lowest BCUT2D eigenvalue weighted by Gasteiger charge is -2.12. The van der Waals surface area contributed by atoms with Gasteiger partial charge in [-0.1, -0.05) is 35.9 Å². The van der Waals surface area contributed by atoms with Crippen LogP contribution in [0.4, 0.5) is 17.1 Å². The molecule has 2 rings (SSSR count). The highest BCUT2D eigenvalue weighted by Crippen LogP contribution is 2.25. The van der Waals surface area contributed by atoms with E-state index in [1.807, 2.05) is 55.5 Å². The highest BCUT2D eigenvalue weighted by molar-refractivity contribution is 6.01. The predicted octanol–water partition coefficient (Wildman–Crippen LogP) is 4.25. The minimum Gasteiger partial charge on any atom is -0.354 e. The number of rotatable bonds is 4. The van der Waals surface area contributed by atoms with Crippen LogP contribution < -0.4 is 10.6 Å². The molecule has 0 fully saturated rings. The Balaban J connectivity index is 2.19. The quantitative estimate of drug-likeness (QED) is 0.812. The smallest absolute Gasteiger partial charge is 0.248 e. The van der Waals surface area contributed by atoms with E-state index in [0.29, 0.717) is 0 Å². The molecule has 0 aliphatic carbocycles. The molecule has 0 bridgehead atoms. The van der Waals surface area contributed by atoms with E-state index in [1.165, 1.54) is 11.6 Å². The lowest BCUT2D eigenvalue weighted by molar-refractivity contribution is -0.111. The van der Waals surface area contributed by atoms with Crippen LogP contribution in [0.3, 0.4) is 0 Å². The Morgan fingerprint density at radius 1 is 1.00 bits per heavy atom. The highest BCUT2D eigenvalue weighted by Gasteiger charge is 2.04. The van der Waals surface area contributed by atoms with Crippen molar-refractivity contribution in [1.29, 1.82) is 0 Å². The second-order valence-corrected chi connectivity index (χ2v) is 4.53. The maximum atomic E-state index is 11.6. The van der Waals surface area contributed by atoms with Gasteiger partial charge >= 0.3 is 0 Å². The van der Waals surface area contributed by atoms with Crippen LogP contribution in [0.1, 0.15) is 12.5 Å². The fourth-order valence-electron chi connectivity index (χ4n) is 1.82. The van der Waals surface area contributed by atoms with Gasteiger partial charge in [0.25, 0.3) is 0 Å². The molecule has 1 amide bonds. The summed E-state index contributed by atoms with van der Waals surface area (Å²) in [6.45, 7) is 3.87. The van der Waals surface area contributed by atoms with Crippen molar-refractivity contribution in [3.63, 3.8) is 0 Å². The summed E-state index contributed by atoms with van der Waals surface area (Å²) in [5.41, 5.74) is 3.83. The first kappa shape index (κ1) is 13.9. The van der Waals surface area contributed by atoms with E-state index in [1.54, 1.807) is 6.08 Å². The van der Waals surface area contributed by atoms with Crippen molar-refractivity contribution in [3.8, 4) is 0 Å². The van der Waals surface area contributed by atoms with E-state index in [0.717, 1.165) is 17.1 Å². The predicted molar refractivity (Wildman–Crippen MR) is 84.3 cm³/mol. The van der Waals surface area contributed by atoms with Crippen LogP contribution in [0, 0.1) is 6.92 Å². The van der Waals surface area contributed by atoms with Crippen molar-refractivity contribution in [3.05, 3.63) is 66.2 Å². The van der Waals surface area contributed by atoms with Crippen LogP contribution in [-0.2, 0) is 4.79 Å². The van der Waals surface area contributed by atoms with Crippen LogP contribution in [0.25, 0.3) is 0 Å². The lowest BCUT2D eigenvalue weighted by atomic mass is 10.2. The fraction of sp³-hybridized carbons (Fsp3) is 0.118. The maximum Gasteiger partial charge on any atom is 0.248 e. The van der Waals surface area contributed by atoms with Gasteiger partial charge in [-0.25, -0.2) is 0 Å². The first-order valence-corrected chi connectivity index (χ1v) is 6.55. The third kappa shape index (κ3) is 3.72. The topological polar surface area (TPSA) is 41.1 Å². The molecule has 2 N–H and O–H groups in total. The number of nitrogens with one attached hydrogen (secondary N) is 2. The van der Waals surface area contributed by atoms with Gasteiger partial charge in [0.1, 0.15) is 0 Å². The summed E-state index contributed by atoms with van der Waals surface area (Å²) in [5, 5.41) is 6.16. The van der Waals surface area contributed by atoms with E-state index in [4.69, 9.17) is 0 Å². The number of aryl methyl sites for hydroxylation is 1. The first-order chi connectivity index (χ1) is 9.69. The summed E-state index contributed by atoms with van der Waals surface area (Å²) >= 11 is 0. The molecule has 0 unspecified atom stereocenters. The van der Waals surface area contributed by atoms with Gasteiger partial charge in [0, 0.05) is 5.69 Å². The van der Waals surface area contributed by atoms with E-state index in [2.05, 4.69) is 17.6 Å². The van der Waals surface area contributed by atoms with Crippen molar-refractivity contribution in [2.45, 2.75) is 13.8 Å². The fourth-order valence-corrected chi connectivity index (χ4v) is 1.82. The maximum absolute atomic E-state index is 11.6. The molecule has 0 atom stereocenters. The molecule has 0 spiro atoms. The summed E-state index contributed by atoms with van der Waals surface area (Å²) in [5.74, 6) is -0.134. The summed E-state index contributed by atoms with van der Waals surface area (Å²) < 4.78 is 0. The van der Waals surface area contributed by atoms with Crippen LogP contribution in [0.5, 0.6) is 0 Å². The van der Waals surface area contributed by atoms with Gasteiger partial charge in [0.15, 0.2) is 0 Å². The molecular formula is C17H18N2O. The molecule has 0 saturated carbocycles. The van der Waals surface area contributed by atoms with Gasteiger partial charge in [-0.3, -0.25) is 4.79 Å².